The van der Waals surface area contributed by atoms with E-state index in [1.165, 1.54) is 6.08 Å². The van der Waals surface area contributed by atoms with Gasteiger partial charge in [-0.1, -0.05) is 6.08 Å². The number of carbonyl (C=O) groups is 2. The average Bonchev–Trinajstić information content (AvgIpc) is 2.35. The lowest BCUT2D eigenvalue weighted by Crippen LogP contribution is -2.62. The molecule has 4 atom stereocenters. The molecule has 0 radical (unpaired) electrons. The summed E-state index contributed by atoms with van der Waals surface area (Å²) in [6, 6.07) is -0.294. The van der Waals surface area contributed by atoms with Gasteiger partial charge in [-0.25, -0.2) is 4.79 Å². The number of rotatable bonds is 1. The highest BCUT2D eigenvalue weighted by Gasteiger charge is 2.65. The first-order chi connectivity index (χ1) is 6.51. The van der Waals surface area contributed by atoms with Crippen LogP contribution in [0, 0.1) is 5.92 Å². The molecule has 2 saturated heterocycles. The van der Waals surface area contributed by atoms with Gasteiger partial charge in [-0.15, -0.1) is 6.58 Å². The van der Waals surface area contributed by atoms with Crippen molar-refractivity contribution in [2.24, 2.45) is 5.92 Å². The van der Waals surface area contributed by atoms with Crippen molar-refractivity contribution in [3.63, 3.8) is 0 Å². The van der Waals surface area contributed by atoms with E-state index in [0.29, 0.717) is 0 Å². The highest BCUT2D eigenvalue weighted by molar-refractivity contribution is 6.09. The Morgan fingerprint density at radius 2 is 2.29 bits per heavy atom. The van der Waals surface area contributed by atoms with E-state index in [-0.39, 0.29) is 6.04 Å². The van der Waals surface area contributed by atoms with Crippen LogP contribution in [0.15, 0.2) is 12.7 Å². The Bertz CT molecular complexity index is 327. The fourth-order valence-corrected chi connectivity index (χ4v) is 2.02. The molecule has 2 N–H and O–H groups in total. The maximum atomic E-state index is 11.5. The minimum atomic E-state index is -2.07. The van der Waals surface area contributed by atoms with E-state index in [0.717, 1.165) is 0 Å². The third-order valence-corrected chi connectivity index (χ3v) is 2.84. The van der Waals surface area contributed by atoms with Gasteiger partial charge in [-0.05, 0) is 6.92 Å². The van der Waals surface area contributed by atoms with Crippen molar-refractivity contribution in [2.45, 2.75) is 24.7 Å². The number of piperidine rings is 1. The van der Waals surface area contributed by atoms with Crippen LogP contribution < -0.4 is 5.32 Å². The Morgan fingerprint density at radius 1 is 1.64 bits per heavy atom. The number of hydrogen-bond acceptors (Lipinski definition) is 4. The molecule has 1 amide bonds. The second-order valence-corrected chi connectivity index (χ2v) is 3.66. The van der Waals surface area contributed by atoms with Gasteiger partial charge >= 0.3 is 5.97 Å². The molecule has 2 heterocycles. The van der Waals surface area contributed by atoms with Gasteiger partial charge in [0, 0.05) is 0 Å². The Hall–Kier alpha value is -1.36. The van der Waals surface area contributed by atoms with Crippen molar-refractivity contribution in [3.8, 4) is 0 Å². The topological polar surface area (TPSA) is 75.6 Å². The van der Waals surface area contributed by atoms with Gasteiger partial charge in [-0.3, -0.25) is 4.79 Å². The van der Waals surface area contributed by atoms with Gasteiger partial charge in [0.1, 0.15) is 6.10 Å². The Labute approximate surface area is 80.7 Å². The monoisotopic (exact) mass is 197 g/mol. The zero-order valence-electron chi connectivity index (χ0n) is 7.69. The molecule has 0 aliphatic carbocycles. The van der Waals surface area contributed by atoms with Crippen LogP contribution >= 0.6 is 0 Å². The summed E-state index contributed by atoms with van der Waals surface area (Å²) < 4.78 is 4.93. The average molecular weight is 197 g/mol. The van der Waals surface area contributed by atoms with Gasteiger partial charge in [-0.2, -0.15) is 0 Å². The zero-order chi connectivity index (χ0) is 10.5. The van der Waals surface area contributed by atoms with E-state index in [1.807, 2.05) is 0 Å². The Kier molecular flexibility index (Phi) is 1.69. The molecule has 0 spiro atoms. The number of amides is 1. The van der Waals surface area contributed by atoms with Gasteiger partial charge in [0.25, 0.3) is 11.5 Å². The van der Waals surface area contributed by atoms with Crippen LogP contribution in [0.5, 0.6) is 0 Å². The van der Waals surface area contributed by atoms with Crippen LogP contribution in [0.1, 0.15) is 6.92 Å². The largest absolute Gasteiger partial charge is 0.457 e. The second-order valence-electron chi connectivity index (χ2n) is 3.66. The number of esters is 1. The fraction of sp³-hybridized carbons (Fsp3) is 0.556. The number of nitrogens with one attached hydrogen (secondary N) is 1. The van der Waals surface area contributed by atoms with Crippen LogP contribution in [0.3, 0.4) is 0 Å². The second kappa shape index (κ2) is 2.57. The summed E-state index contributed by atoms with van der Waals surface area (Å²) in [5, 5.41) is 12.4. The summed E-state index contributed by atoms with van der Waals surface area (Å²) in [4.78, 5) is 22.8. The Balaban J connectivity index is 2.50. The number of carbonyl (C=O) groups excluding carboxylic acids is 2. The van der Waals surface area contributed by atoms with Crippen LogP contribution in [0.4, 0.5) is 0 Å². The molecule has 5 nitrogen and oxygen atoms in total. The van der Waals surface area contributed by atoms with Crippen LogP contribution in [-0.4, -0.2) is 34.7 Å². The van der Waals surface area contributed by atoms with E-state index in [9.17, 15) is 14.7 Å². The SMILES string of the molecule is C=C[C@@H]1[C@@H]2OC(=O)[C@@]1(O)C(=O)N[C@@H]2C. The Morgan fingerprint density at radius 3 is 2.86 bits per heavy atom. The highest BCUT2D eigenvalue weighted by Crippen LogP contribution is 2.38. The third-order valence-electron chi connectivity index (χ3n) is 2.84. The van der Waals surface area contributed by atoms with Crippen molar-refractivity contribution in [3.05, 3.63) is 12.7 Å². The van der Waals surface area contributed by atoms with Gasteiger partial charge in [0.05, 0.1) is 12.0 Å². The molecule has 0 unspecified atom stereocenters. The number of hydrogen-bond donors (Lipinski definition) is 2. The van der Waals surface area contributed by atoms with E-state index in [1.54, 1.807) is 6.92 Å². The molecular formula is C9H11NO4. The zero-order valence-corrected chi connectivity index (χ0v) is 7.69. The van der Waals surface area contributed by atoms with Gasteiger partial charge in [0.2, 0.25) is 0 Å². The smallest absolute Gasteiger partial charge is 0.349 e. The van der Waals surface area contributed by atoms with E-state index >= 15 is 0 Å². The van der Waals surface area contributed by atoms with E-state index in [2.05, 4.69) is 11.9 Å². The predicted octanol–water partition coefficient (Wildman–Crippen LogP) is -1.04. The van der Waals surface area contributed by atoms with Crippen molar-refractivity contribution in [2.75, 3.05) is 0 Å². The van der Waals surface area contributed by atoms with Gasteiger partial charge < -0.3 is 15.2 Å². The molecule has 0 aromatic rings. The summed E-state index contributed by atoms with van der Waals surface area (Å²) >= 11 is 0. The molecule has 2 bridgehead atoms. The summed E-state index contributed by atoms with van der Waals surface area (Å²) in [5.41, 5.74) is -2.07. The first-order valence-electron chi connectivity index (χ1n) is 4.38. The van der Waals surface area contributed by atoms with Crippen molar-refractivity contribution >= 4 is 11.9 Å². The van der Waals surface area contributed by atoms with Gasteiger partial charge in [0.15, 0.2) is 0 Å². The molecule has 2 rings (SSSR count). The minimum Gasteiger partial charge on any atom is -0.457 e. The lowest BCUT2D eigenvalue weighted by Gasteiger charge is -2.33. The van der Waals surface area contributed by atoms with E-state index < -0.39 is 29.5 Å². The van der Waals surface area contributed by atoms with Crippen molar-refractivity contribution < 1.29 is 19.4 Å². The van der Waals surface area contributed by atoms with Crippen molar-refractivity contribution in [1.82, 2.24) is 5.32 Å². The van der Waals surface area contributed by atoms with Crippen LogP contribution in [0.25, 0.3) is 0 Å². The number of fused-ring (bicyclic) bond motifs is 2. The minimum absolute atomic E-state index is 0.294. The molecule has 0 saturated carbocycles. The first-order valence-corrected chi connectivity index (χ1v) is 4.38. The summed E-state index contributed by atoms with van der Waals surface area (Å²) in [6.45, 7) is 5.22. The third kappa shape index (κ3) is 0.824. The number of aliphatic hydroxyl groups is 1. The normalized spacial score (nSPS) is 45.7. The quantitative estimate of drug-likeness (QED) is 0.320. The maximum Gasteiger partial charge on any atom is 0.349 e. The summed E-state index contributed by atoms with van der Waals surface area (Å²) in [5.74, 6) is -2.23. The van der Waals surface area contributed by atoms with E-state index in [4.69, 9.17) is 4.74 Å². The molecule has 0 aromatic heterocycles. The first kappa shape index (κ1) is 9.21. The summed E-state index contributed by atoms with van der Waals surface area (Å²) in [6.07, 6.45) is 0.882. The molecule has 2 aliphatic heterocycles. The maximum absolute atomic E-state index is 11.5. The fourth-order valence-electron chi connectivity index (χ4n) is 2.02. The molecular weight excluding hydrogens is 186 g/mol. The highest BCUT2D eigenvalue weighted by atomic mass is 16.6. The van der Waals surface area contributed by atoms with Crippen LogP contribution in [-0.2, 0) is 14.3 Å². The lowest BCUT2D eigenvalue weighted by atomic mass is 9.79. The molecule has 2 aliphatic rings. The number of ether oxygens (including phenoxy) is 1. The predicted molar refractivity (Wildman–Crippen MR) is 46.1 cm³/mol. The lowest BCUT2D eigenvalue weighted by molar-refractivity contribution is -0.160. The molecule has 5 heteroatoms. The molecule has 0 aromatic carbocycles. The molecule has 14 heavy (non-hydrogen) atoms. The van der Waals surface area contributed by atoms with Crippen LogP contribution in [0.2, 0.25) is 0 Å². The molecule has 76 valence electrons. The molecule has 2 fully saturated rings. The van der Waals surface area contributed by atoms with Crippen molar-refractivity contribution in [1.29, 1.82) is 0 Å². The summed E-state index contributed by atoms with van der Waals surface area (Å²) in [7, 11) is 0. The standard InChI is InChI=1S/C9H11NO4/c1-3-5-6-4(2)10-7(11)9(5,13)8(12)14-6/h3-6,13H,1H2,2H3,(H,10,11)/t4-,5-,6-,9+/m1/s1.